The zero-order valence-corrected chi connectivity index (χ0v) is 8.21. The smallest absolute Gasteiger partial charge is 0.0906 e. The summed E-state index contributed by atoms with van der Waals surface area (Å²) in [5, 5.41) is 8.71. The van der Waals surface area contributed by atoms with E-state index >= 15 is 0 Å². The summed E-state index contributed by atoms with van der Waals surface area (Å²) in [5.74, 6) is 0. The largest absolute Gasteiger partial charge is 0.396 e. The molecule has 0 spiro atoms. The minimum Gasteiger partial charge on any atom is -0.396 e. The zero-order chi connectivity index (χ0) is 9.52. The third-order valence-electron chi connectivity index (χ3n) is 2.77. The normalized spacial score (nSPS) is 17.8. The summed E-state index contributed by atoms with van der Waals surface area (Å²) in [6.45, 7) is 1.82. The SMILES string of the molecule is OCCCN(CCCF)C1CCC1. The van der Waals surface area contributed by atoms with Gasteiger partial charge in [-0.05, 0) is 25.7 Å². The molecule has 2 nitrogen and oxygen atoms in total. The molecule has 1 aliphatic rings. The van der Waals surface area contributed by atoms with Gasteiger partial charge >= 0.3 is 0 Å². The van der Waals surface area contributed by atoms with Crippen LogP contribution in [0.2, 0.25) is 0 Å². The van der Waals surface area contributed by atoms with Crippen LogP contribution >= 0.6 is 0 Å². The second kappa shape index (κ2) is 6.33. The van der Waals surface area contributed by atoms with E-state index in [1.807, 2.05) is 0 Å². The van der Waals surface area contributed by atoms with Gasteiger partial charge in [0, 0.05) is 25.7 Å². The van der Waals surface area contributed by atoms with Crippen LogP contribution in [0.5, 0.6) is 0 Å². The predicted molar refractivity (Wildman–Crippen MR) is 51.5 cm³/mol. The molecule has 0 aliphatic heterocycles. The molecule has 1 rings (SSSR count). The van der Waals surface area contributed by atoms with Gasteiger partial charge in [-0.15, -0.1) is 0 Å². The molecule has 0 saturated heterocycles. The number of rotatable bonds is 7. The van der Waals surface area contributed by atoms with Crippen molar-refractivity contribution < 1.29 is 9.50 Å². The first-order valence-electron chi connectivity index (χ1n) is 5.29. The Labute approximate surface area is 79.7 Å². The first-order valence-corrected chi connectivity index (χ1v) is 5.29. The molecule has 13 heavy (non-hydrogen) atoms. The molecule has 1 aliphatic carbocycles. The number of aliphatic hydroxyl groups excluding tert-OH is 1. The lowest BCUT2D eigenvalue weighted by Gasteiger charge is -2.37. The van der Waals surface area contributed by atoms with Crippen molar-refractivity contribution in [1.82, 2.24) is 4.90 Å². The Hall–Kier alpha value is -0.150. The van der Waals surface area contributed by atoms with Gasteiger partial charge in [-0.3, -0.25) is 4.39 Å². The maximum absolute atomic E-state index is 12.0. The van der Waals surface area contributed by atoms with Gasteiger partial charge in [0.05, 0.1) is 6.67 Å². The van der Waals surface area contributed by atoms with Crippen LogP contribution in [0.1, 0.15) is 32.1 Å². The highest BCUT2D eigenvalue weighted by Crippen LogP contribution is 2.24. The Morgan fingerprint density at radius 2 is 1.92 bits per heavy atom. The van der Waals surface area contributed by atoms with Gasteiger partial charge in [0.2, 0.25) is 0 Å². The Morgan fingerprint density at radius 3 is 2.38 bits per heavy atom. The highest BCUT2D eigenvalue weighted by molar-refractivity contribution is 4.79. The van der Waals surface area contributed by atoms with Gasteiger partial charge in [0.15, 0.2) is 0 Å². The summed E-state index contributed by atoms with van der Waals surface area (Å²) >= 11 is 0. The molecule has 1 N–H and O–H groups in total. The second-order valence-corrected chi connectivity index (χ2v) is 3.74. The van der Waals surface area contributed by atoms with Gasteiger partial charge in [-0.25, -0.2) is 0 Å². The van der Waals surface area contributed by atoms with E-state index in [0.29, 0.717) is 12.5 Å². The molecule has 0 bridgehead atoms. The van der Waals surface area contributed by atoms with E-state index in [-0.39, 0.29) is 13.3 Å². The first kappa shape index (κ1) is 10.9. The summed E-state index contributed by atoms with van der Waals surface area (Å²) in [6, 6.07) is 0.679. The summed E-state index contributed by atoms with van der Waals surface area (Å²) < 4.78 is 12.0. The predicted octanol–water partition coefficient (Wildman–Crippen LogP) is 1.58. The molecule has 3 heteroatoms. The molecule has 0 radical (unpaired) electrons. The lowest BCUT2D eigenvalue weighted by Crippen LogP contribution is -2.41. The van der Waals surface area contributed by atoms with Crippen molar-refractivity contribution in [2.45, 2.75) is 38.1 Å². The number of alkyl halides is 1. The molecule has 0 unspecified atom stereocenters. The minimum atomic E-state index is -0.220. The Kier molecular flexibility index (Phi) is 5.32. The fourth-order valence-electron chi connectivity index (χ4n) is 1.77. The standard InChI is InChI=1S/C10H20FNO/c11-6-2-7-12(8-3-9-13)10-4-1-5-10/h10,13H,1-9H2. The van der Waals surface area contributed by atoms with E-state index in [2.05, 4.69) is 4.90 Å². The van der Waals surface area contributed by atoms with Gasteiger partial charge in [0.1, 0.15) is 0 Å². The summed E-state index contributed by atoms with van der Waals surface area (Å²) in [6.07, 6.45) is 5.30. The average molecular weight is 189 g/mol. The van der Waals surface area contributed by atoms with Gasteiger partial charge in [0.25, 0.3) is 0 Å². The first-order chi connectivity index (χ1) is 6.38. The van der Waals surface area contributed by atoms with Crippen LogP contribution in [0.4, 0.5) is 4.39 Å². The van der Waals surface area contributed by atoms with Crippen LogP contribution in [0, 0.1) is 0 Å². The molecule has 1 fully saturated rings. The fraction of sp³-hybridized carbons (Fsp3) is 1.00. The Morgan fingerprint density at radius 1 is 1.23 bits per heavy atom. The highest BCUT2D eigenvalue weighted by Gasteiger charge is 2.23. The van der Waals surface area contributed by atoms with Gasteiger partial charge in [-0.1, -0.05) is 6.42 Å². The topological polar surface area (TPSA) is 23.5 Å². The molecule has 0 aromatic heterocycles. The van der Waals surface area contributed by atoms with Crippen LogP contribution in [0.3, 0.4) is 0 Å². The van der Waals surface area contributed by atoms with E-state index in [1.54, 1.807) is 0 Å². The number of halogens is 1. The van der Waals surface area contributed by atoms with Crippen molar-refractivity contribution in [3.63, 3.8) is 0 Å². The number of hydrogen-bond acceptors (Lipinski definition) is 2. The molecule has 0 aromatic carbocycles. The molecule has 78 valence electrons. The van der Waals surface area contributed by atoms with E-state index in [4.69, 9.17) is 5.11 Å². The molecule has 1 saturated carbocycles. The number of hydrogen-bond donors (Lipinski definition) is 1. The van der Waals surface area contributed by atoms with Crippen LogP contribution in [0.15, 0.2) is 0 Å². The molecule has 0 heterocycles. The maximum atomic E-state index is 12.0. The van der Waals surface area contributed by atoms with Crippen LogP contribution in [-0.4, -0.2) is 42.4 Å². The van der Waals surface area contributed by atoms with Crippen LogP contribution < -0.4 is 0 Å². The van der Waals surface area contributed by atoms with Crippen molar-refractivity contribution in [2.24, 2.45) is 0 Å². The summed E-state index contributed by atoms with van der Waals surface area (Å²) in [4.78, 5) is 2.33. The van der Waals surface area contributed by atoms with Crippen molar-refractivity contribution in [3.8, 4) is 0 Å². The van der Waals surface area contributed by atoms with Crippen molar-refractivity contribution in [1.29, 1.82) is 0 Å². The maximum Gasteiger partial charge on any atom is 0.0906 e. The van der Waals surface area contributed by atoms with Crippen LogP contribution in [0.25, 0.3) is 0 Å². The van der Waals surface area contributed by atoms with Gasteiger partial charge in [-0.2, -0.15) is 0 Å². The average Bonchev–Trinajstić information content (AvgIpc) is 2.06. The number of aliphatic hydroxyl groups is 1. The summed E-state index contributed by atoms with van der Waals surface area (Å²) in [5.41, 5.74) is 0. The van der Waals surface area contributed by atoms with Crippen molar-refractivity contribution in [3.05, 3.63) is 0 Å². The fourth-order valence-corrected chi connectivity index (χ4v) is 1.77. The van der Waals surface area contributed by atoms with E-state index < -0.39 is 0 Å². The Balaban J connectivity index is 2.16. The highest BCUT2D eigenvalue weighted by atomic mass is 19.1. The van der Waals surface area contributed by atoms with Gasteiger partial charge < -0.3 is 10.0 Å². The monoisotopic (exact) mass is 189 g/mol. The van der Waals surface area contributed by atoms with E-state index in [1.165, 1.54) is 19.3 Å². The molecule has 0 aromatic rings. The third kappa shape index (κ3) is 3.61. The lowest BCUT2D eigenvalue weighted by atomic mass is 9.91. The third-order valence-corrected chi connectivity index (χ3v) is 2.77. The molecule has 0 amide bonds. The Bertz CT molecular complexity index is 120. The number of nitrogens with zero attached hydrogens (tertiary/aromatic N) is 1. The zero-order valence-electron chi connectivity index (χ0n) is 8.21. The minimum absolute atomic E-state index is 0.220. The summed E-state index contributed by atoms with van der Waals surface area (Å²) in [7, 11) is 0. The second-order valence-electron chi connectivity index (χ2n) is 3.74. The van der Waals surface area contributed by atoms with Crippen molar-refractivity contribution >= 4 is 0 Å². The quantitative estimate of drug-likeness (QED) is 0.657. The van der Waals surface area contributed by atoms with Crippen LogP contribution in [-0.2, 0) is 0 Å². The van der Waals surface area contributed by atoms with Crippen molar-refractivity contribution in [2.75, 3.05) is 26.4 Å². The van der Waals surface area contributed by atoms with E-state index in [9.17, 15) is 4.39 Å². The lowest BCUT2D eigenvalue weighted by molar-refractivity contribution is 0.113. The van der Waals surface area contributed by atoms with E-state index in [0.717, 1.165) is 19.5 Å². The molecular weight excluding hydrogens is 169 g/mol. The molecular formula is C10H20FNO. The molecule has 0 atom stereocenters.